The molecular formula is C15H18N2O3. The number of hydrogen-bond donors (Lipinski definition) is 3. The minimum absolute atomic E-state index is 0.217. The number of carbonyl (C=O) groups is 2. The lowest BCUT2D eigenvalue weighted by Crippen LogP contribution is -2.31. The van der Waals surface area contributed by atoms with E-state index in [-0.39, 0.29) is 12.1 Å². The van der Waals surface area contributed by atoms with Crippen molar-refractivity contribution < 1.29 is 14.7 Å². The van der Waals surface area contributed by atoms with E-state index in [4.69, 9.17) is 5.11 Å². The summed E-state index contributed by atoms with van der Waals surface area (Å²) in [5.41, 5.74) is 1.37. The molecule has 1 saturated carbocycles. The molecule has 0 saturated heterocycles. The van der Waals surface area contributed by atoms with E-state index in [2.05, 4.69) is 17.6 Å². The van der Waals surface area contributed by atoms with Crippen LogP contribution in [0.25, 0.3) is 6.08 Å². The molecule has 0 heterocycles. The van der Waals surface area contributed by atoms with Crippen LogP contribution in [0.15, 0.2) is 30.3 Å². The molecule has 2 unspecified atom stereocenters. The summed E-state index contributed by atoms with van der Waals surface area (Å²) < 4.78 is 0. The van der Waals surface area contributed by atoms with Gasteiger partial charge in [0.25, 0.3) is 0 Å². The molecule has 1 aromatic rings. The second-order valence-electron chi connectivity index (χ2n) is 4.91. The van der Waals surface area contributed by atoms with Gasteiger partial charge in [-0.2, -0.15) is 0 Å². The maximum Gasteiger partial charge on any atom is 0.328 e. The molecule has 106 valence electrons. The molecule has 0 aliphatic heterocycles. The SMILES string of the molecule is CCC1CC1NC(=O)Nc1cccc(/C=C/C(=O)O)c1. The molecule has 0 bridgehead atoms. The van der Waals surface area contributed by atoms with E-state index >= 15 is 0 Å². The Hall–Kier alpha value is -2.30. The number of anilines is 1. The van der Waals surface area contributed by atoms with Gasteiger partial charge in [-0.05, 0) is 36.1 Å². The van der Waals surface area contributed by atoms with Gasteiger partial charge in [-0.25, -0.2) is 9.59 Å². The molecule has 0 radical (unpaired) electrons. The first-order valence-corrected chi connectivity index (χ1v) is 6.67. The summed E-state index contributed by atoms with van der Waals surface area (Å²) in [6, 6.07) is 7.10. The fraction of sp³-hybridized carbons (Fsp3) is 0.333. The summed E-state index contributed by atoms with van der Waals surface area (Å²) >= 11 is 0. The third-order valence-corrected chi connectivity index (χ3v) is 3.33. The van der Waals surface area contributed by atoms with Crippen LogP contribution in [0.1, 0.15) is 25.3 Å². The van der Waals surface area contributed by atoms with Gasteiger partial charge in [-0.15, -0.1) is 0 Å². The number of hydrogen-bond acceptors (Lipinski definition) is 2. The quantitative estimate of drug-likeness (QED) is 0.722. The predicted octanol–water partition coefficient (Wildman–Crippen LogP) is 2.70. The number of rotatable bonds is 5. The summed E-state index contributed by atoms with van der Waals surface area (Å²) in [4.78, 5) is 22.2. The molecule has 1 aliphatic rings. The van der Waals surface area contributed by atoms with Crippen molar-refractivity contribution >= 4 is 23.8 Å². The van der Waals surface area contributed by atoms with Crippen LogP contribution in [0, 0.1) is 5.92 Å². The van der Waals surface area contributed by atoms with Crippen molar-refractivity contribution in [3.05, 3.63) is 35.9 Å². The van der Waals surface area contributed by atoms with Crippen LogP contribution in [0.4, 0.5) is 10.5 Å². The van der Waals surface area contributed by atoms with Gasteiger partial charge in [0.2, 0.25) is 0 Å². The molecule has 0 aromatic heterocycles. The molecule has 20 heavy (non-hydrogen) atoms. The van der Waals surface area contributed by atoms with Crippen LogP contribution in [0.5, 0.6) is 0 Å². The molecule has 5 nitrogen and oxygen atoms in total. The Bertz CT molecular complexity index is 540. The Kier molecular flexibility index (Phi) is 4.40. The summed E-state index contributed by atoms with van der Waals surface area (Å²) in [5, 5.41) is 14.2. The Morgan fingerprint density at radius 2 is 2.25 bits per heavy atom. The molecule has 2 rings (SSSR count). The van der Waals surface area contributed by atoms with Gasteiger partial charge in [-0.1, -0.05) is 25.5 Å². The maximum atomic E-state index is 11.8. The maximum absolute atomic E-state index is 11.8. The first kappa shape index (κ1) is 14.1. The number of carboxylic acid groups (broad SMARTS) is 1. The monoisotopic (exact) mass is 274 g/mol. The third kappa shape index (κ3) is 4.12. The Morgan fingerprint density at radius 1 is 1.45 bits per heavy atom. The lowest BCUT2D eigenvalue weighted by atomic mass is 10.2. The van der Waals surface area contributed by atoms with Gasteiger partial charge < -0.3 is 15.7 Å². The number of nitrogens with one attached hydrogen (secondary N) is 2. The van der Waals surface area contributed by atoms with Crippen molar-refractivity contribution in [2.75, 3.05) is 5.32 Å². The van der Waals surface area contributed by atoms with Crippen LogP contribution in [-0.4, -0.2) is 23.1 Å². The van der Waals surface area contributed by atoms with Gasteiger partial charge in [-0.3, -0.25) is 0 Å². The number of carbonyl (C=O) groups excluding carboxylic acids is 1. The van der Waals surface area contributed by atoms with Crippen molar-refractivity contribution in [2.45, 2.75) is 25.8 Å². The number of benzene rings is 1. The lowest BCUT2D eigenvalue weighted by molar-refractivity contribution is -0.131. The van der Waals surface area contributed by atoms with E-state index in [9.17, 15) is 9.59 Å². The highest BCUT2D eigenvalue weighted by molar-refractivity contribution is 5.90. The molecule has 3 N–H and O–H groups in total. The zero-order valence-electron chi connectivity index (χ0n) is 11.3. The molecule has 0 spiro atoms. The zero-order valence-corrected chi connectivity index (χ0v) is 11.3. The van der Waals surface area contributed by atoms with Crippen molar-refractivity contribution in [3.63, 3.8) is 0 Å². The van der Waals surface area contributed by atoms with E-state index in [0.29, 0.717) is 11.6 Å². The third-order valence-electron chi connectivity index (χ3n) is 3.33. The predicted molar refractivity (Wildman–Crippen MR) is 77.5 cm³/mol. The van der Waals surface area contributed by atoms with Crippen molar-refractivity contribution in [1.82, 2.24) is 5.32 Å². The summed E-state index contributed by atoms with van der Waals surface area (Å²) in [5.74, 6) is -0.397. The van der Waals surface area contributed by atoms with Gasteiger partial charge in [0, 0.05) is 17.8 Å². The topological polar surface area (TPSA) is 78.4 Å². The first-order valence-electron chi connectivity index (χ1n) is 6.67. The van der Waals surface area contributed by atoms with E-state index < -0.39 is 5.97 Å². The highest BCUT2D eigenvalue weighted by atomic mass is 16.4. The summed E-state index contributed by atoms with van der Waals surface area (Å²) in [6.45, 7) is 2.11. The number of aliphatic carboxylic acids is 1. The minimum atomic E-state index is -1.000. The highest BCUT2D eigenvalue weighted by Crippen LogP contribution is 2.33. The van der Waals surface area contributed by atoms with E-state index in [0.717, 1.165) is 24.5 Å². The number of amides is 2. The largest absolute Gasteiger partial charge is 0.478 e. The van der Waals surface area contributed by atoms with Crippen LogP contribution < -0.4 is 10.6 Å². The summed E-state index contributed by atoms with van der Waals surface area (Å²) in [6.07, 6.45) is 4.68. The van der Waals surface area contributed by atoms with Crippen molar-refractivity contribution in [3.8, 4) is 0 Å². The smallest absolute Gasteiger partial charge is 0.328 e. The van der Waals surface area contributed by atoms with Gasteiger partial charge in [0.1, 0.15) is 0 Å². The van der Waals surface area contributed by atoms with E-state index in [1.165, 1.54) is 6.08 Å². The normalized spacial score (nSPS) is 20.6. The molecular weight excluding hydrogens is 256 g/mol. The molecule has 1 fully saturated rings. The number of urea groups is 1. The van der Waals surface area contributed by atoms with Gasteiger partial charge in [0.05, 0.1) is 0 Å². The average molecular weight is 274 g/mol. The first-order chi connectivity index (χ1) is 9.58. The molecule has 1 aliphatic carbocycles. The number of carboxylic acids is 1. The Morgan fingerprint density at radius 3 is 2.90 bits per heavy atom. The van der Waals surface area contributed by atoms with Crippen molar-refractivity contribution in [2.24, 2.45) is 5.92 Å². The van der Waals surface area contributed by atoms with Gasteiger partial charge in [0.15, 0.2) is 0 Å². The summed E-state index contributed by atoms with van der Waals surface area (Å²) in [7, 11) is 0. The van der Waals surface area contributed by atoms with E-state index in [1.54, 1.807) is 24.3 Å². The van der Waals surface area contributed by atoms with Gasteiger partial charge >= 0.3 is 12.0 Å². The van der Waals surface area contributed by atoms with Crippen LogP contribution >= 0.6 is 0 Å². The average Bonchev–Trinajstić information content (AvgIpc) is 3.15. The second-order valence-corrected chi connectivity index (χ2v) is 4.91. The zero-order chi connectivity index (χ0) is 14.5. The van der Waals surface area contributed by atoms with E-state index in [1.807, 2.05) is 0 Å². The van der Waals surface area contributed by atoms with Crippen LogP contribution in [0.3, 0.4) is 0 Å². The van der Waals surface area contributed by atoms with Crippen LogP contribution in [0.2, 0.25) is 0 Å². The lowest BCUT2D eigenvalue weighted by Gasteiger charge is -2.07. The Labute approximate surface area is 117 Å². The van der Waals surface area contributed by atoms with Crippen LogP contribution in [-0.2, 0) is 4.79 Å². The fourth-order valence-electron chi connectivity index (χ4n) is 2.10. The van der Waals surface area contributed by atoms with Crippen molar-refractivity contribution in [1.29, 1.82) is 0 Å². The minimum Gasteiger partial charge on any atom is -0.478 e. The second kappa shape index (κ2) is 6.23. The standard InChI is InChI=1S/C15H18N2O3/c1-2-11-9-13(11)17-15(20)16-12-5-3-4-10(8-12)6-7-14(18)19/h3-8,11,13H,2,9H2,1H3,(H,18,19)(H2,16,17,20)/b7-6+. The Balaban J connectivity index is 1.90. The molecule has 5 heteroatoms. The molecule has 1 aromatic carbocycles. The fourth-order valence-corrected chi connectivity index (χ4v) is 2.10. The highest BCUT2D eigenvalue weighted by Gasteiger charge is 2.36. The molecule has 2 amide bonds. The molecule has 2 atom stereocenters.